The first-order valence-electron chi connectivity index (χ1n) is 7.35. The molecule has 2 atom stereocenters. The Balaban J connectivity index is 1.69. The third kappa shape index (κ3) is 3.16. The fourth-order valence-electron chi connectivity index (χ4n) is 3.15. The maximum Gasteiger partial charge on any atom is 0.227 e. The number of fused-ring (bicyclic) bond motifs is 1. The molecule has 0 aromatic heterocycles. The molecule has 1 aromatic rings. The van der Waals surface area contributed by atoms with Crippen LogP contribution in [0.2, 0.25) is 0 Å². The highest BCUT2D eigenvalue weighted by atomic mass is 32.2. The van der Waals surface area contributed by atoms with Crippen LogP contribution in [0, 0.1) is 0 Å². The van der Waals surface area contributed by atoms with Gasteiger partial charge in [-0.25, -0.2) is 8.42 Å². The largest absolute Gasteiger partial charge is 0.373 e. The number of likely N-dealkylation sites (tertiary alicyclic amines) is 1. The molecule has 0 saturated carbocycles. The zero-order valence-electron chi connectivity index (χ0n) is 12.5. The third-order valence-corrected chi connectivity index (χ3v) is 5.53. The van der Waals surface area contributed by atoms with E-state index < -0.39 is 10.0 Å². The molecule has 2 heterocycles. The quantitative estimate of drug-likeness (QED) is 0.791. The molecule has 3 rings (SSSR count). The number of hydrogen-bond donors (Lipinski definition) is 0. The highest BCUT2D eigenvalue weighted by Gasteiger charge is 2.44. The van der Waals surface area contributed by atoms with E-state index in [1.165, 1.54) is 10.6 Å². The lowest BCUT2D eigenvalue weighted by molar-refractivity contribution is -0.129. The highest BCUT2D eigenvalue weighted by molar-refractivity contribution is 7.88. The first-order valence-corrected chi connectivity index (χ1v) is 9.20. The number of carbonyl (C=O) groups is 1. The summed E-state index contributed by atoms with van der Waals surface area (Å²) in [7, 11) is -3.27. The minimum absolute atomic E-state index is 0.0117. The van der Waals surface area contributed by atoms with Gasteiger partial charge in [-0.05, 0) is 5.56 Å². The van der Waals surface area contributed by atoms with Gasteiger partial charge in [-0.15, -0.1) is 0 Å². The van der Waals surface area contributed by atoms with E-state index >= 15 is 0 Å². The van der Waals surface area contributed by atoms with Gasteiger partial charge >= 0.3 is 0 Å². The average Bonchev–Trinajstić information content (AvgIpc) is 2.91. The van der Waals surface area contributed by atoms with Gasteiger partial charge in [0, 0.05) is 19.6 Å². The molecule has 0 spiro atoms. The van der Waals surface area contributed by atoms with Crippen molar-refractivity contribution in [1.29, 1.82) is 0 Å². The Morgan fingerprint density at radius 3 is 2.68 bits per heavy atom. The molecule has 2 aliphatic rings. The number of nitrogens with zero attached hydrogens (tertiary/aromatic N) is 2. The predicted molar refractivity (Wildman–Crippen MR) is 81.8 cm³/mol. The van der Waals surface area contributed by atoms with Crippen molar-refractivity contribution in [3.05, 3.63) is 35.9 Å². The molecule has 2 fully saturated rings. The fourth-order valence-corrected chi connectivity index (χ4v) is 4.26. The van der Waals surface area contributed by atoms with E-state index in [-0.39, 0.29) is 18.1 Å². The summed E-state index contributed by atoms with van der Waals surface area (Å²) in [6.45, 7) is 1.61. The molecule has 1 aromatic carbocycles. The van der Waals surface area contributed by atoms with Crippen LogP contribution in [0.15, 0.2) is 30.3 Å². The van der Waals surface area contributed by atoms with Crippen LogP contribution in [0.4, 0.5) is 0 Å². The summed E-state index contributed by atoms with van der Waals surface area (Å²) in [5.41, 5.74) is 0.961. The van der Waals surface area contributed by atoms with E-state index in [0.29, 0.717) is 32.7 Å². The minimum atomic E-state index is -3.27. The topological polar surface area (TPSA) is 66.9 Å². The number of rotatable bonds is 3. The van der Waals surface area contributed by atoms with Gasteiger partial charge in [-0.2, -0.15) is 4.31 Å². The Labute approximate surface area is 130 Å². The lowest BCUT2D eigenvalue weighted by Crippen LogP contribution is -2.52. The van der Waals surface area contributed by atoms with Gasteiger partial charge in [0.15, 0.2) is 0 Å². The van der Waals surface area contributed by atoms with Crippen LogP contribution in [-0.4, -0.2) is 68.2 Å². The van der Waals surface area contributed by atoms with E-state index in [9.17, 15) is 13.2 Å². The van der Waals surface area contributed by atoms with Crippen LogP contribution in [0.3, 0.4) is 0 Å². The van der Waals surface area contributed by atoms with Crippen molar-refractivity contribution in [2.45, 2.75) is 18.6 Å². The molecule has 0 unspecified atom stereocenters. The Hall–Kier alpha value is -1.44. The Morgan fingerprint density at radius 2 is 2.00 bits per heavy atom. The summed E-state index contributed by atoms with van der Waals surface area (Å²) in [6.07, 6.45) is 1.33. The van der Waals surface area contributed by atoms with Crippen molar-refractivity contribution in [2.24, 2.45) is 0 Å². The molecule has 7 heteroatoms. The molecule has 0 N–H and O–H groups in total. The van der Waals surface area contributed by atoms with E-state index in [0.717, 1.165) is 5.56 Å². The number of morpholine rings is 1. The summed E-state index contributed by atoms with van der Waals surface area (Å²) in [5.74, 6) is 0.0117. The monoisotopic (exact) mass is 324 g/mol. The summed E-state index contributed by atoms with van der Waals surface area (Å²) >= 11 is 0. The van der Waals surface area contributed by atoms with Crippen LogP contribution in [0.5, 0.6) is 0 Å². The zero-order valence-corrected chi connectivity index (χ0v) is 13.3. The molecule has 6 nitrogen and oxygen atoms in total. The maximum absolute atomic E-state index is 12.4. The molecular formula is C15H20N2O4S. The van der Waals surface area contributed by atoms with Crippen molar-refractivity contribution in [2.75, 3.05) is 32.5 Å². The van der Waals surface area contributed by atoms with Gasteiger partial charge in [-0.3, -0.25) is 4.79 Å². The van der Waals surface area contributed by atoms with Gasteiger partial charge < -0.3 is 9.64 Å². The van der Waals surface area contributed by atoms with Gasteiger partial charge in [0.1, 0.15) is 0 Å². The zero-order chi connectivity index (χ0) is 15.7. The average molecular weight is 324 g/mol. The number of hydrogen-bond acceptors (Lipinski definition) is 4. The van der Waals surface area contributed by atoms with Crippen LogP contribution in [0.1, 0.15) is 5.56 Å². The lowest BCUT2D eigenvalue weighted by Gasteiger charge is -2.34. The first kappa shape index (κ1) is 15.5. The van der Waals surface area contributed by atoms with Gasteiger partial charge in [0.2, 0.25) is 15.9 Å². The fraction of sp³-hybridized carbons (Fsp3) is 0.533. The van der Waals surface area contributed by atoms with E-state index in [1.54, 1.807) is 4.90 Å². The normalized spacial score (nSPS) is 26.0. The molecular weight excluding hydrogens is 304 g/mol. The van der Waals surface area contributed by atoms with Crippen molar-refractivity contribution in [3.63, 3.8) is 0 Å². The van der Waals surface area contributed by atoms with E-state index in [2.05, 4.69) is 0 Å². The second-order valence-corrected chi connectivity index (χ2v) is 7.75. The predicted octanol–water partition coefficient (Wildman–Crippen LogP) is 0.100. The van der Waals surface area contributed by atoms with Crippen LogP contribution < -0.4 is 0 Å². The third-order valence-electron chi connectivity index (χ3n) is 4.23. The summed E-state index contributed by atoms with van der Waals surface area (Å²) < 4.78 is 30.9. The number of ether oxygens (including phenoxy) is 1. The SMILES string of the molecule is CS(=O)(=O)N1CCO[C@H]2CN(C(=O)Cc3ccccc3)C[C@H]21. The van der Waals surface area contributed by atoms with Crippen LogP contribution >= 0.6 is 0 Å². The van der Waals surface area contributed by atoms with Gasteiger partial charge in [-0.1, -0.05) is 30.3 Å². The van der Waals surface area contributed by atoms with E-state index in [1.807, 2.05) is 30.3 Å². The lowest BCUT2D eigenvalue weighted by atomic mass is 10.1. The van der Waals surface area contributed by atoms with Crippen molar-refractivity contribution >= 4 is 15.9 Å². The number of amides is 1. The highest BCUT2D eigenvalue weighted by Crippen LogP contribution is 2.25. The Kier molecular flexibility index (Phi) is 4.20. The van der Waals surface area contributed by atoms with Crippen LogP contribution in [-0.2, 0) is 26.0 Å². The van der Waals surface area contributed by atoms with Crippen LogP contribution in [0.25, 0.3) is 0 Å². The Morgan fingerprint density at radius 1 is 1.27 bits per heavy atom. The molecule has 0 radical (unpaired) electrons. The first-order chi connectivity index (χ1) is 10.4. The number of carbonyl (C=O) groups excluding carboxylic acids is 1. The molecule has 22 heavy (non-hydrogen) atoms. The second-order valence-electron chi connectivity index (χ2n) is 5.81. The molecule has 120 valence electrons. The van der Waals surface area contributed by atoms with Crippen molar-refractivity contribution in [1.82, 2.24) is 9.21 Å². The van der Waals surface area contributed by atoms with E-state index in [4.69, 9.17) is 4.74 Å². The number of sulfonamides is 1. The van der Waals surface area contributed by atoms with Crippen molar-refractivity contribution in [3.8, 4) is 0 Å². The standard InChI is InChI=1S/C15H20N2O4S/c1-22(19,20)17-7-8-21-14-11-16(10-13(14)17)15(18)9-12-5-3-2-4-6-12/h2-6,13-14H,7-11H2,1H3/t13-,14+/m1/s1. The maximum atomic E-state index is 12.4. The molecule has 1 amide bonds. The van der Waals surface area contributed by atoms with Gasteiger partial charge in [0.25, 0.3) is 0 Å². The summed E-state index contributed by atoms with van der Waals surface area (Å²) in [4.78, 5) is 14.1. The molecule has 2 aliphatic heterocycles. The minimum Gasteiger partial charge on any atom is -0.373 e. The smallest absolute Gasteiger partial charge is 0.227 e. The number of benzene rings is 1. The molecule has 0 aliphatic carbocycles. The second kappa shape index (κ2) is 5.98. The van der Waals surface area contributed by atoms with Gasteiger partial charge in [0.05, 0.1) is 31.4 Å². The summed E-state index contributed by atoms with van der Waals surface area (Å²) in [6, 6.07) is 9.29. The molecule has 0 bridgehead atoms. The Bertz CT molecular complexity index is 647. The molecule has 2 saturated heterocycles. The van der Waals surface area contributed by atoms with Crippen molar-refractivity contribution < 1.29 is 17.9 Å². The summed E-state index contributed by atoms with van der Waals surface area (Å²) in [5, 5.41) is 0.